The van der Waals surface area contributed by atoms with Gasteiger partial charge >= 0.3 is 6.09 Å². The number of fused-ring (bicyclic) bond motifs is 3. The van der Waals surface area contributed by atoms with Crippen LogP contribution < -0.4 is 9.64 Å². The van der Waals surface area contributed by atoms with Crippen molar-refractivity contribution in [3.63, 3.8) is 0 Å². The van der Waals surface area contributed by atoms with Crippen molar-refractivity contribution in [3.8, 4) is 5.88 Å². The molecule has 8 nitrogen and oxygen atoms in total. The molecule has 10 heteroatoms. The van der Waals surface area contributed by atoms with Gasteiger partial charge in [0.05, 0.1) is 17.6 Å². The van der Waals surface area contributed by atoms with E-state index in [0.717, 1.165) is 32.2 Å². The number of anilines is 1. The number of alkyl halides is 1. The Hall–Kier alpha value is -1.87. The Morgan fingerprint density at radius 1 is 1.24 bits per heavy atom. The molecule has 4 saturated heterocycles. The summed E-state index contributed by atoms with van der Waals surface area (Å²) < 4.78 is 25.8. The van der Waals surface area contributed by atoms with Crippen LogP contribution in [0, 0.1) is 0 Å². The van der Waals surface area contributed by atoms with Crippen LogP contribution in [0.3, 0.4) is 0 Å². The number of hydrogen-bond acceptors (Lipinski definition) is 7. The first-order valence-electron chi connectivity index (χ1n) is 11.9. The van der Waals surface area contributed by atoms with Crippen LogP contribution in [0.5, 0.6) is 5.88 Å². The van der Waals surface area contributed by atoms with Crippen LogP contribution in [-0.2, 0) is 4.74 Å². The van der Waals surface area contributed by atoms with E-state index in [2.05, 4.69) is 19.8 Å². The molecule has 0 aliphatic carbocycles. The second-order valence-corrected chi connectivity index (χ2v) is 11.2. The fourth-order valence-corrected chi connectivity index (χ4v) is 6.15. The van der Waals surface area contributed by atoms with E-state index < -0.39 is 11.8 Å². The van der Waals surface area contributed by atoms with Crippen molar-refractivity contribution < 1.29 is 18.7 Å². The summed E-state index contributed by atoms with van der Waals surface area (Å²) in [5.41, 5.74) is -0.759. The third kappa shape index (κ3) is 4.58. The van der Waals surface area contributed by atoms with Gasteiger partial charge in [-0.3, -0.25) is 9.80 Å². The third-order valence-corrected chi connectivity index (χ3v) is 7.49. The molecule has 0 saturated carbocycles. The molecule has 4 fully saturated rings. The molecular weight excluding hydrogens is 449 g/mol. The quantitative estimate of drug-likeness (QED) is 0.607. The maximum absolute atomic E-state index is 14.1. The number of rotatable bonds is 4. The van der Waals surface area contributed by atoms with Gasteiger partial charge in [0.1, 0.15) is 24.2 Å². The lowest BCUT2D eigenvalue weighted by Gasteiger charge is -2.41. The first-order valence-corrected chi connectivity index (χ1v) is 12.3. The molecule has 1 amide bonds. The fourth-order valence-electron chi connectivity index (χ4n) is 5.98. The van der Waals surface area contributed by atoms with Crippen molar-refractivity contribution in [2.24, 2.45) is 0 Å². The molecule has 182 valence electrons. The minimum atomic E-state index is -0.796. The van der Waals surface area contributed by atoms with Gasteiger partial charge in [-0.05, 0) is 64.6 Å². The fraction of sp³-hybridized carbons (Fsp3) is 0.783. The summed E-state index contributed by atoms with van der Waals surface area (Å²) >= 11 is 6.25. The lowest BCUT2D eigenvalue weighted by atomic mass is 9.95. The highest BCUT2D eigenvalue weighted by Crippen LogP contribution is 2.40. The van der Waals surface area contributed by atoms with Crippen LogP contribution in [0.4, 0.5) is 15.0 Å². The highest BCUT2D eigenvalue weighted by atomic mass is 35.5. The van der Waals surface area contributed by atoms with Crippen LogP contribution in [0.25, 0.3) is 0 Å². The number of ether oxygens (including phenoxy) is 2. The molecule has 1 aromatic rings. The first kappa shape index (κ1) is 22.9. The molecular formula is C23H33ClFN5O3. The van der Waals surface area contributed by atoms with Crippen LogP contribution in [-0.4, -0.2) is 88.0 Å². The van der Waals surface area contributed by atoms with E-state index in [1.54, 1.807) is 0 Å². The third-order valence-electron chi connectivity index (χ3n) is 7.32. The molecule has 1 aromatic heterocycles. The summed E-state index contributed by atoms with van der Waals surface area (Å²) in [7, 11) is 0. The predicted octanol–water partition coefficient (Wildman–Crippen LogP) is 3.67. The van der Waals surface area contributed by atoms with Gasteiger partial charge in [-0.1, -0.05) is 0 Å². The molecule has 4 aliphatic heterocycles. The standard InChI is InChI=1S/C23H33ClFN5O3/c1-22(2,3)33-21(31)30-16-5-6-17(30)13-28(12-16)18-9-19(27-20(24)26-18)32-14-23-7-4-8-29(23)11-15(25)10-23/h9,15-17H,4-8,10-14H2,1-3H3/t15-,16-,17+,23+/m1/s1. The smallest absolute Gasteiger partial charge is 0.410 e. The summed E-state index contributed by atoms with van der Waals surface area (Å²) in [6.07, 6.45) is 3.34. The maximum atomic E-state index is 14.1. The Bertz CT molecular complexity index is 901. The largest absolute Gasteiger partial charge is 0.476 e. The van der Waals surface area contributed by atoms with Crippen molar-refractivity contribution in [1.82, 2.24) is 19.8 Å². The molecule has 2 bridgehead atoms. The van der Waals surface area contributed by atoms with Crippen molar-refractivity contribution >= 4 is 23.5 Å². The number of hydrogen-bond donors (Lipinski definition) is 0. The number of carbonyl (C=O) groups is 1. The molecule has 5 rings (SSSR count). The Kier molecular flexibility index (Phi) is 5.84. The van der Waals surface area contributed by atoms with Crippen LogP contribution in [0.2, 0.25) is 5.28 Å². The summed E-state index contributed by atoms with van der Waals surface area (Å²) in [5, 5.41) is 0.125. The summed E-state index contributed by atoms with van der Waals surface area (Å²) in [6, 6.07) is 1.96. The zero-order chi connectivity index (χ0) is 23.4. The zero-order valence-electron chi connectivity index (χ0n) is 19.6. The highest BCUT2D eigenvalue weighted by Gasteiger charge is 2.49. The lowest BCUT2D eigenvalue weighted by molar-refractivity contribution is 0.0122. The summed E-state index contributed by atoms with van der Waals surface area (Å²) in [5.74, 6) is 1.11. The van der Waals surface area contributed by atoms with Crippen molar-refractivity contribution in [1.29, 1.82) is 0 Å². The number of aromatic nitrogens is 2. The van der Waals surface area contributed by atoms with Crippen LogP contribution in [0.1, 0.15) is 52.9 Å². The predicted molar refractivity (Wildman–Crippen MR) is 123 cm³/mol. The van der Waals surface area contributed by atoms with Crippen LogP contribution in [0.15, 0.2) is 6.07 Å². The SMILES string of the molecule is CC(C)(C)OC(=O)N1[C@@H]2CC[C@H]1CN(c1cc(OC[C@@]34CCCN3C[C@H](F)C4)nc(Cl)n1)C2. The van der Waals surface area contributed by atoms with Gasteiger partial charge in [0.25, 0.3) is 0 Å². The second-order valence-electron chi connectivity index (χ2n) is 10.9. The van der Waals surface area contributed by atoms with E-state index in [9.17, 15) is 9.18 Å². The lowest BCUT2D eigenvalue weighted by Crippen LogP contribution is -2.57. The minimum absolute atomic E-state index is 0.0719. The topological polar surface area (TPSA) is 71.0 Å². The molecule has 0 N–H and O–H groups in total. The average molecular weight is 482 g/mol. The van der Waals surface area contributed by atoms with Gasteiger partial charge in [0.15, 0.2) is 0 Å². The number of amides is 1. The van der Waals surface area contributed by atoms with Gasteiger partial charge in [-0.2, -0.15) is 4.98 Å². The van der Waals surface area contributed by atoms with Crippen molar-refractivity contribution in [3.05, 3.63) is 11.3 Å². The summed E-state index contributed by atoms with van der Waals surface area (Å²) in [6.45, 7) is 8.78. The molecule has 4 aliphatic rings. The van der Waals surface area contributed by atoms with E-state index in [-0.39, 0.29) is 29.0 Å². The van der Waals surface area contributed by atoms with Crippen molar-refractivity contribution in [2.75, 3.05) is 37.7 Å². The number of piperazine rings is 1. The summed E-state index contributed by atoms with van der Waals surface area (Å²) in [4.78, 5) is 27.7. The van der Waals surface area contributed by atoms with Gasteiger partial charge in [-0.25, -0.2) is 14.2 Å². The van der Waals surface area contributed by atoms with Gasteiger partial charge in [-0.15, -0.1) is 0 Å². The molecule has 0 aromatic carbocycles. The normalized spacial score (nSPS) is 31.7. The van der Waals surface area contributed by atoms with E-state index in [4.69, 9.17) is 21.1 Å². The van der Waals surface area contributed by atoms with Gasteiger partial charge in [0.2, 0.25) is 11.2 Å². The molecule has 0 spiro atoms. The Labute approximate surface area is 199 Å². The molecule has 33 heavy (non-hydrogen) atoms. The molecule has 5 heterocycles. The van der Waals surface area contributed by atoms with Gasteiger partial charge in [0, 0.05) is 32.1 Å². The monoisotopic (exact) mass is 481 g/mol. The zero-order valence-corrected chi connectivity index (χ0v) is 20.4. The first-order chi connectivity index (χ1) is 15.6. The van der Waals surface area contributed by atoms with E-state index >= 15 is 0 Å². The average Bonchev–Trinajstić information content (AvgIpc) is 3.32. The van der Waals surface area contributed by atoms with Crippen LogP contribution >= 0.6 is 11.6 Å². The molecule has 0 radical (unpaired) electrons. The van der Waals surface area contributed by atoms with Crippen molar-refractivity contribution in [2.45, 2.75) is 82.3 Å². The Morgan fingerprint density at radius 3 is 2.67 bits per heavy atom. The molecule has 0 unspecified atom stereocenters. The number of nitrogens with zero attached hydrogens (tertiary/aromatic N) is 5. The Balaban J connectivity index is 1.27. The maximum Gasteiger partial charge on any atom is 0.410 e. The second kappa shape index (κ2) is 8.41. The molecule has 4 atom stereocenters. The van der Waals surface area contributed by atoms with Gasteiger partial charge < -0.3 is 14.4 Å². The number of halogens is 2. The highest BCUT2D eigenvalue weighted by molar-refractivity contribution is 6.28. The Morgan fingerprint density at radius 2 is 1.97 bits per heavy atom. The number of carbonyl (C=O) groups excluding carboxylic acids is 1. The minimum Gasteiger partial charge on any atom is -0.476 e. The van der Waals surface area contributed by atoms with E-state index in [1.807, 2.05) is 31.7 Å². The van der Waals surface area contributed by atoms with E-state index in [1.165, 1.54) is 0 Å². The van der Waals surface area contributed by atoms with E-state index in [0.29, 0.717) is 44.4 Å².